The quantitative estimate of drug-likeness (QED) is 0.235. The lowest BCUT2D eigenvalue weighted by Crippen LogP contribution is -2.34. The van der Waals surface area contributed by atoms with E-state index in [0.29, 0.717) is 12.1 Å². The van der Waals surface area contributed by atoms with E-state index in [9.17, 15) is 4.79 Å². The van der Waals surface area contributed by atoms with E-state index in [4.69, 9.17) is 10.9 Å². The Bertz CT molecular complexity index is 1150. The van der Waals surface area contributed by atoms with Crippen molar-refractivity contribution in [2.45, 2.75) is 19.9 Å². The predicted molar refractivity (Wildman–Crippen MR) is 117 cm³/mol. The van der Waals surface area contributed by atoms with Crippen LogP contribution in [-0.2, 0) is 17.8 Å². The van der Waals surface area contributed by atoms with Crippen molar-refractivity contribution in [2.24, 2.45) is 10.9 Å². The number of nitrogens with zero attached hydrogens (tertiary/aromatic N) is 2. The van der Waals surface area contributed by atoms with Gasteiger partial charge in [-0.3, -0.25) is 4.79 Å². The van der Waals surface area contributed by atoms with Crippen LogP contribution < -0.4 is 5.73 Å². The number of fused-ring (bicyclic) bond motifs is 2. The molecule has 5 nitrogen and oxygen atoms in total. The summed E-state index contributed by atoms with van der Waals surface area (Å²) >= 11 is 0. The number of rotatable bonds is 3. The number of nitrogens with two attached hydrogens (primary N) is 1. The molecule has 0 fully saturated rings. The number of amidine groups is 1. The highest BCUT2D eigenvalue weighted by Gasteiger charge is 2.17. The highest BCUT2D eigenvalue weighted by molar-refractivity contribution is 6.01. The van der Waals surface area contributed by atoms with Gasteiger partial charge in [-0.15, -0.1) is 0 Å². The number of hydrogen-bond donors (Lipinski definition) is 2. The van der Waals surface area contributed by atoms with Crippen molar-refractivity contribution in [1.82, 2.24) is 4.90 Å². The third-order valence-electron chi connectivity index (χ3n) is 5.42. The van der Waals surface area contributed by atoms with E-state index in [1.807, 2.05) is 29.2 Å². The Morgan fingerprint density at radius 3 is 2.45 bits per heavy atom. The van der Waals surface area contributed by atoms with Crippen LogP contribution in [0.3, 0.4) is 0 Å². The first kappa shape index (κ1) is 18.7. The van der Waals surface area contributed by atoms with Crippen molar-refractivity contribution < 1.29 is 10.0 Å². The van der Waals surface area contributed by atoms with Crippen LogP contribution >= 0.6 is 0 Å². The molecule has 3 aromatic carbocycles. The summed E-state index contributed by atoms with van der Waals surface area (Å²) in [6, 6.07) is 18.4. The van der Waals surface area contributed by atoms with E-state index < -0.39 is 0 Å². The highest BCUT2D eigenvalue weighted by Crippen LogP contribution is 2.23. The SMILES string of the molecule is CC(=O)N1CCc2cc(/C=C/c3ccc4cc(/C(N)=N/O)ccc4c3)ccc2C1. The molecule has 0 aromatic heterocycles. The van der Waals surface area contributed by atoms with Crippen LogP contribution in [0.4, 0.5) is 0 Å². The molecule has 0 bridgehead atoms. The van der Waals surface area contributed by atoms with Gasteiger partial charge >= 0.3 is 0 Å². The smallest absolute Gasteiger partial charge is 0.219 e. The molecule has 146 valence electrons. The second-order valence-electron chi connectivity index (χ2n) is 7.36. The Kier molecular flexibility index (Phi) is 5.04. The average Bonchev–Trinajstić information content (AvgIpc) is 2.76. The van der Waals surface area contributed by atoms with Gasteiger partial charge in [0.25, 0.3) is 0 Å². The van der Waals surface area contributed by atoms with Crippen molar-refractivity contribution >= 4 is 34.7 Å². The number of benzene rings is 3. The van der Waals surface area contributed by atoms with E-state index in [1.165, 1.54) is 11.1 Å². The summed E-state index contributed by atoms with van der Waals surface area (Å²) in [7, 11) is 0. The summed E-state index contributed by atoms with van der Waals surface area (Å²) in [6.45, 7) is 3.11. The van der Waals surface area contributed by atoms with Crippen LogP contribution in [0, 0.1) is 0 Å². The van der Waals surface area contributed by atoms with Gasteiger partial charge in [-0.05, 0) is 51.6 Å². The van der Waals surface area contributed by atoms with Gasteiger partial charge in [-0.25, -0.2) is 0 Å². The fourth-order valence-electron chi connectivity index (χ4n) is 3.72. The zero-order valence-electron chi connectivity index (χ0n) is 16.3. The first-order valence-electron chi connectivity index (χ1n) is 9.60. The molecule has 5 heteroatoms. The summed E-state index contributed by atoms with van der Waals surface area (Å²) in [6.07, 6.45) is 5.11. The van der Waals surface area contributed by atoms with E-state index >= 15 is 0 Å². The van der Waals surface area contributed by atoms with Gasteiger partial charge in [0.15, 0.2) is 5.84 Å². The highest BCUT2D eigenvalue weighted by atomic mass is 16.4. The molecule has 0 saturated carbocycles. The van der Waals surface area contributed by atoms with E-state index in [1.54, 1.807) is 6.92 Å². The van der Waals surface area contributed by atoms with Gasteiger partial charge in [0, 0.05) is 25.6 Å². The van der Waals surface area contributed by atoms with Crippen molar-refractivity contribution in [3.05, 3.63) is 82.4 Å². The first-order chi connectivity index (χ1) is 14.0. The topological polar surface area (TPSA) is 78.9 Å². The first-order valence-corrected chi connectivity index (χ1v) is 9.60. The van der Waals surface area contributed by atoms with E-state index in [2.05, 4.69) is 47.6 Å². The standard InChI is InChI=1S/C24H23N3O2/c1-16(28)27-11-10-21-13-18(5-7-23(21)15-27)3-2-17-4-6-20-14-22(24(25)26-29)9-8-19(20)12-17/h2-9,12-14,29H,10-11,15H2,1H3,(H2,25,26)/b3-2+. The summed E-state index contributed by atoms with van der Waals surface area (Å²) in [5, 5.41) is 14.0. The van der Waals surface area contributed by atoms with E-state index in [0.717, 1.165) is 34.9 Å². The Balaban J connectivity index is 1.54. The number of hydrogen-bond acceptors (Lipinski definition) is 3. The maximum absolute atomic E-state index is 11.6. The van der Waals surface area contributed by atoms with Gasteiger partial charge in [0.1, 0.15) is 0 Å². The van der Waals surface area contributed by atoms with Crippen LogP contribution in [0.1, 0.15) is 34.7 Å². The Morgan fingerprint density at radius 2 is 1.69 bits per heavy atom. The fraction of sp³-hybridized carbons (Fsp3) is 0.167. The predicted octanol–water partition coefficient (Wildman–Crippen LogP) is 4.01. The molecular weight excluding hydrogens is 362 g/mol. The molecule has 0 radical (unpaired) electrons. The van der Waals surface area contributed by atoms with Crippen LogP contribution in [0.25, 0.3) is 22.9 Å². The third-order valence-corrected chi connectivity index (χ3v) is 5.42. The number of amides is 1. The molecule has 0 aliphatic carbocycles. The summed E-state index contributed by atoms with van der Waals surface area (Å²) in [5.41, 5.74) is 11.2. The molecular formula is C24H23N3O2. The lowest BCUT2D eigenvalue weighted by molar-refractivity contribution is -0.129. The Morgan fingerprint density at radius 1 is 1.00 bits per heavy atom. The summed E-state index contributed by atoms with van der Waals surface area (Å²) in [5.74, 6) is 0.240. The molecule has 1 amide bonds. The van der Waals surface area contributed by atoms with E-state index in [-0.39, 0.29) is 11.7 Å². The lowest BCUT2D eigenvalue weighted by Gasteiger charge is -2.28. The Labute approximate surface area is 169 Å². The number of carbonyl (C=O) groups is 1. The molecule has 1 aliphatic heterocycles. The largest absolute Gasteiger partial charge is 0.409 e. The van der Waals surface area contributed by atoms with Crippen LogP contribution in [0.5, 0.6) is 0 Å². The van der Waals surface area contributed by atoms with Crippen molar-refractivity contribution in [2.75, 3.05) is 6.54 Å². The van der Waals surface area contributed by atoms with Gasteiger partial charge in [-0.1, -0.05) is 59.8 Å². The lowest BCUT2D eigenvalue weighted by atomic mass is 9.96. The Hall–Kier alpha value is -3.60. The molecule has 1 heterocycles. The van der Waals surface area contributed by atoms with Crippen molar-refractivity contribution in [3.63, 3.8) is 0 Å². The molecule has 3 aromatic rings. The minimum Gasteiger partial charge on any atom is -0.409 e. The second kappa shape index (κ2) is 7.80. The number of carbonyl (C=O) groups excluding carboxylic acids is 1. The molecule has 1 aliphatic rings. The van der Waals surface area contributed by atoms with Gasteiger partial charge in [0.2, 0.25) is 5.91 Å². The zero-order valence-corrected chi connectivity index (χ0v) is 16.3. The molecule has 0 spiro atoms. The normalized spacial score (nSPS) is 14.4. The minimum atomic E-state index is 0.106. The fourth-order valence-corrected chi connectivity index (χ4v) is 3.72. The monoisotopic (exact) mass is 385 g/mol. The number of oxime groups is 1. The van der Waals surface area contributed by atoms with Crippen LogP contribution in [0.2, 0.25) is 0 Å². The summed E-state index contributed by atoms with van der Waals surface area (Å²) in [4.78, 5) is 13.5. The maximum atomic E-state index is 11.6. The summed E-state index contributed by atoms with van der Waals surface area (Å²) < 4.78 is 0. The minimum absolute atomic E-state index is 0.106. The molecule has 3 N–H and O–H groups in total. The van der Waals surface area contributed by atoms with Gasteiger partial charge in [0.05, 0.1) is 0 Å². The molecule has 29 heavy (non-hydrogen) atoms. The zero-order chi connectivity index (χ0) is 20.4. The molecule has 4 rings (SSSR count). The maximum Gasteiger partial charge on any atom is 0.219 e. The molecule has 0 saturated heterocycles. The average molecular weight is 385 g/mol. The van der Waals surface area contributed by atoms with Crippen molar-refractivity contribution in [1.29, 1.82) is 0 Å². The second-order valence-corrected chi connectivity index (χ2v) is 7.36. The van der Waals surface area contributed by atoms with Crippen LogP contribution in [-0.4, -0.2) is 28.4 Å². The van der Waals surface area contributed by atoms with Gasteiger partial charge < -0.3 is 15.8 Å². The molecule has 0 atom stereocenters. The van der Waals surface area contributed by atoms with Crippen LogP contribution in [0.15, 0.2) is 59.8 Å². The van der Waals surface area contributed by atoms with Gasteiger partial charge in [-0.2, -0.15) is 0 Å². The molecule has 0 unspecified atom stereocenters. The third kappa shape index (κ3) is 3.99. The van der Waals surface area contributed by atoms with Crippen molar-refractivity contribution in [3.8, 4) is 0 Å².